The molecular weight excluding hydrogens is 399 g/mol. The Morgan fingerprint density at radius 1 is 1.36 bits per heavy atom. The number of ether oxygens (including phenoxy) is 1. The molecule has 0 heterocycles. The zero-order chi connectivity index (χ0) is 18.6. The second kappa shape index (κ2) is 7.84. The van der Waals surface area contributed by atoms with Gasteiger partial charge in [-0.1, -0.05) is 15.9 Å². The van der Waals surface area contributed by atoms with E-state index in [-0.39, 0.29) is 17.0 Å². The van der Waals surface area contributed by atoms with E-state index in [4.69, 9.17) is 4.74 Å². The number of rotatable bonds is 6. The maximum absolute atomic E-state index is 13.7. The first kappa shape index (κ1) is 18.5. The van der Waals surface area contributed by atoms with Gasteiger partial charge in [-0.25, -0.2) is 4.39 Å². The van der Waals surface area contributed by atoms with Crippen molar-refractivity contribution in [1.82, 2.24) is 0 Å². The van der Waals surface area contributed by atoms with Crippen molar-refractivity contribution in [3.63, 3.8) is 0 Å². The minimum Gasteiger partial charge on any atom is -0.474 e. The number of nitrogens with one attached hydrogen (secondary N) is 1. The molecule has 0 saturated heterocycles. The van der Waals surface area contributed by atoms with Gasteiger partial charge >= 0.3 is 5.69 Å². The highest BCUT2D eigenvalue weighted by atomic mass is 79.9. The zero-order valence-electron chi connectivity index (χ0n) is 12.9. The van der Waals surface area contributed by atoms with Gasteiger partial charge in [0.25, 0.3) is 5.91 Å². The first-order valence-corrected chi connectivity index (χ1v) is 7.77. The summed E-state index contributed by atoms with van der Waals surface area (Å²) in [6.07, 6.45) is -0.674. The Morgan fingerprint density at radius 3 is 2.68 bits per heavy atom. The Labute approximate surface area is 150 Å². The number of amides is 1. The van der Waals surface area contributed by atoms with E-state index in [1.54, 1.807) is 6.07 Å². The van der Waals surface area contributed by atoms with Gasteiger partial charge in [0.2, 0.25) is 0 Å². The van der Waals surface area contributed by atoms with Gasteiger partial charge in [-0.05, 0) is 37.3 Å². The quantitative estimate of drug-likeness (QED) is 0.444. The molecule has 1 atom stereocenters. The van der Waals surface area contributed by atoms with Gasteiger partial charge in [0.1, 0.15) is 12.1 Å². The summed E-state index contributed by atoms with van der Waals surface area (Å²) in [7, 11) is 0. The zero-order valence-corrected chi connectivity index (χ0v) is 14.4. The lowest BCUT2D eigenvalue weighted by Gasteiger charge is -2.15. The lowest BCUT2D eigenvalue weighted by molar-refractivity contribution is -0.386. The molecule has 0 aliphatic heterocycles. The highest BCUT2D eigenvalue weighted by Gasteiger charge is 2.22. The van der Waals surface area contributed by atoms with Gasteiger partial charge in [0, 0.05) is 16.1 Å². The lowest BCUT2D eigenvalue weighted by atomic mass is 10.2. The van der Waals surface area contributed by atoms with E-state index < -0.39 is 28.4 Å². The summed E-state index contributed by atoms with van der Waals surface area (Å²) in [5, 5.41) is 13.4. The monoisotopic (exact) mass is 410 g/mol. The van der Waals surface area contributed by atoms with Crippen LogP contribution in [0.1, 0.15) is 17.3 Å². The molecule has 9 heteroatoms. The Balaban J connectivity index is 2.16. The molecular formula is C16H12BrFN2O5. The van der Waals surface area contributed by atoms with Crippen LogP contribution in [-0.2, 0) is 4.79 Å². The van der Waals surface area contributed by atoms with Crippen LogP contribution in [-0.4, -0.2) is 23.2 Å². The van der Waals surface area contributed by atoms with Crippen LogP contribution in [0.4, 0.5) is 15.8 Å². The molecule has 25 heavy (non-hydrogen) atoms. The number of benzene rings is 2. The fourth-order valence-electron chi connectivity index (χ4n) is 1.92. The van der Waals surface area contributed by atoms with Crippen molar-refractivity contribution >= 4 is 39.5 Å². The predicted octanol–water partition coefficient (Wildman–Crippen LogP) is 3.71. The summed E-state index contributed by atoms with van der Waals surface area (Å²) in [6, 6.07) is 7.70. The molecule has 0 spiro atoms. The number of halogens is 2. The summed E-state index contributed by atoms with van der Waals surface area (Å²) >= 11 is 3.10. The average Bonchev–Trinajstić information content (AvgIpc) is 2.57. The van der Waals surface area contributed by atoms with Gasteiger partial charge in [0.05, 0.1) is 10.6 Å². The van der Waals surface area contributed by atoms with Crippen molar-refractivity contribution in [2.75, 3.05) is 5.32 Å². The van der Waals surface area contributed by atoms with Crippen LogP contribution in [0.25, 0.3) is 0 Å². The number of carbonyl (C=O) groups excluding carboxylic acids is 2. The van der Waals surface area contributed by atoms with Gasteiger partial charge in [-0.15, -0.1) is 0 Å². The number of nitrogens with zero attached hydrogens (tertiary/aromatic N) is 1. The van der Waals surface area contributed by atoms with Gasteiger partial charge < -0.3 is 10.1 Å². The third-order valence-corrected chi connectivity index (χ3v) is 3.67. The number of aldehydes is 1. The van der Waals surface area contributed by atoms with Crippen molar-refractivity contribution in [3.8, 4) is 5.75 Å². The minimum absolute atomic E-state index is 0.0468. The molecule has 2 rings (SSSR count). The summed E-state index contributed by atoms with van der Waals surface area (Å²) in [5.74, 6) is -1.50. The third kappa shape index (κ3) is 4.60. The Kier molecular flexibility index (Phi) is 5.81. The number of anilines is 1. The maximum atomic E-state index is 13.7. The first-order valence-electron chi connectivity index (χ1n) is 6.98. The van der Waals surface area contributed by atoms with Gasteiger partial charge in [0.15, 0.2) is 11.9 Å². The molecule has 130 valence electrons. The van der Waals surface area contributed by atoms with E-state index in [1.807, 2.05) is 0 Å². The van der Waals surface area contributed by atoms with Gasteiger partial charge in [-0.2, -0.15) is 0 Å². The average molecular weight is 411 g/mol. The summed E-state index contributed by atoms with van der Waals surface area (Å²) in [4.78, 5) is 33.2. The predicted molar refractivity (Wildman–Crippen MR) is 91.3 cm³/mol. The van der Waals surface area contributed by atoms with Crippen molar-refractivity contribution in [2.45, 2.75) is 13.0 Å². The summed E-state index contributed by atoms with van der Waals surface area (Å²) < 4.78 is 19.6. The molecule has 0 bridgehead atoms. The van der Waals surface area contributed by atoms with E-state index in [0.717, 1.165) is 6.07 Å². The smallest absolute Gasteiger partial charge is 0.311 e. The fraction of sp³-hybridized carbons (Fsp3) is 0.125. The van der Waals surface area contributed by atoms with Crippen molar-refractivity contribution in [3.05, 3.63) is 62.4 Å². The largest absolute Gasteiger partial charge is 0.474 e. The normalized spacial score (nSPS) is 11.5. The SMILES string of the molecule is C[C@H](Oc1ccc(C=O)cc1[N+](=O)[O-])C(=O)Nc1ccc(Br)cc1F. The molecule has 7 nitrogen and oxygen atoms in total. The van der Waals surface area contributed by atoms with E-state index in [1.165, 1.54) is 31.2 Å². The molecule has 0 radical (unpaired) electrons. The Morgan fingerprint density at radius 2 is 2.08 bits per heavy atom. The summed E-state index contributed by atoms with van der Waals surface area (Å²) in [5.41, 5.74) is -0.387. The molecule has 0 saturated carbocycles. The third-order valence-electron chi connectivity index (χ3n) is 3.18. The van der Waals surface area contributed by atoms with Crippen LogP contribution in [0.15, 0.2) is 40.9 Å². The molecule has 0 aliphatic rings. The standard InChI is InChI=1S/C16H12BrFN2O5/c1-9(16(22)19-13-4-3-11(17)7-12(13)18)25-15-5-2-10(8-21)6-14(15)20(23)24/h2-9H,1H3,(H,19,22)/t9-/m0/s1. The molecule has 0 aromatic heterocycles. The fourth-order valence-corrected chi connectivity index (χ4v) is 2.25. The van der Waals surface area contributed by atoms with Crippen LogP contribution < -0.4 is 10.1 Å². The van der Waals surface area contributed by atoms with Crippen LogP contribution in [0.3, 0.4) is 0 Å². The van der Waals surface area contributed by atoms with E-state index >= 15 is 0 Å². The molecule has 0 aliphatic carbocycles. The number of hydrogen-bond acceptors (Lipinski definition) is 5. The molecule has 2 aromatic rings. The Hall–Kier alpha value is -2.81. The Bertz CT molecular complexity index is 843. The van der Waals surface area contributed by atoms with E-state index in [2.05, 4.69) is 21.2 Å². The molecule has 0 unspecified atom stereocenters. The minimum atomic E-state index is -1.14. The van der Waals surface area contributed by atoms with Crippen LogP contribution in [0.2, 0.25) is 0 Å². The summed E-state index contributed by atoms with van der Waals surface area (Å²) in [6.45, 7) is 1.36. The second-order valence-electron chi connectivity index (χ2n) is 4.98. The van der Waals surface area contributed by atoms with E-state index in [0.29, 0.717) is 10.8 Å². The van der Waals surface area contributed by atoms with Crippen LogP contribution in [0, 0.1) is 15.9 Å². The molecule has 0 fully saturated rings. The van der Waals surface area contributed by atoms with Crippen molar-refractivity contribution in [2.24, 2.45) is 0 Å². The van der Waals surface area contributed by atoms with Crippen molar-refractivity contribution < 1.29 is 23.6 Å². The highest BCUT2D eigenvalue weighted by molar-refractivity contribution is 9.10. The number of nitro benzene ring substituents is 1. The highest BCUT2D eigenvalue weighted by Crippen LogP contribution is 2.28. The van der Waals surface area contributed by atoms with Crippen LogP contribution in [0.5, 0.6) is 5.75 Å². The van der Waals surface area contributed by atoms with Crippen LogP contribution >= 0.6 is 15.9 Å². The topological polar surface area (TPSA) is 98.5 Å². The number of nitro groups is 1. The van der Waals surface area contributed by atoms with Gasteiger partial charge in [-0.3, -0.25) is 19.7 Å². The second-order valence-corrected chi connectivity index (χ2v) is 5.89. The molecule has 1 N–H and O–H groups in total. The molecule has 2 aromatic carbocycles. The van der Waals surface area contributed by atoms with Crippen molar-refractivity contribution in [1.29, 1.82) is 0 Å². The number of hydrogen-bond donors (Lipinski definition) is 1. The molecule has 1 amide bonds. The first-order chi connectivity index (χ1) is 11.8. The number of carbonyl (C=O) groups is 2. The van der Waals surface area contributed by atoms with E-state index in [9.17, 15) is 24.1 Å². The lowest BCUT2D eigenvalue weighted by Crippen LogP contribution is -2.30. The maximum Gasteiger partial charge on any atom is 0.311 e.